The van der Waals surface area contributed by atoms with Gasteiger partial charge in [0.25, 0.3) is 0 Å². The Bertz CT molecular complexity index is 164. The molecule has 0 aliphatic carbocycles. The number of nitrogens with zero attached hydrogens (tertiary/aromatic N) is 1. The zero-order chi connectivity index (χ0) is 9.14. The highest BCUT2D eigenvalue weighted by atomic mass is 16.2. The first-order valence-corrected chi connectivity index (χ1v) is 4.35. The Labute approximate surface area is 73.3 Å². The van der Waals surface area contributed by atoms with E-state index in [4.69, 9.17) is 0 Å². The summed E-state index contributed by atoms with van der Waals surface area (Å²) in [6.45, 7) is 6.28. The average molecular weight is 171 g/mol. The van der Waals surface area contributed by atoms with Crippen LogP contribution in [0.1, 0.15) is 13.8 Å². The summed E-state index contributed by atoms with van der Waals surface area (Å²) in [5.41, 5.74) is 0. The molecule has 0 aromatic heterocycles. The molecule has 1 rings (SSSR count). The first kappa shape index (κ1) is 9.32. The van der Waals surface area contributed by atoms with E-state index in [9.17, 15) is 4.79 Å². The van der Waals surface area contributed by atoms with Crippen molar-refractivity contribution >= 4 is 6.03 Å². The van der Waals surface area contributed by atoms with E-state index in [1.807, 2.05) is 0 Å². The van der Waals surface area contributed by atoms with Crippen LogP contribution in [0.15, 0.2) is 0 Å². The first-order valence-electron chi connectivity index (χ1n) is 4.35. The lowest BCUT2D eigenvalue weighted by molar-refractivity contribution is 0.0963. The topological polar surface area (TPSA) is 44.4 Å². The third-order valence-electron chi connectivity index (χ3n) is 2.20. The number of urea groups is 1. The summed E-state index contributed by atoms with van der Waals surface area (Å²) in [7, 11) is 1.63. The molecule has 1 fully saturated rings. The van der Waals surface area contributed by atoms with Crippen LogP contribution in [0.5, 0.6) is 0 Å². The predicted octanol–water partition coefficient (Wildman–Crippen LogP) is 0.00800. The van der Waals surface area contributed by atoms with Crippen molar-refractivity contribution in [2.75, 3.05) is 20.1 Å². The van der Waals surface area contributed by atoms with Crippen molar-refractivity contribution in [1.29, 1.82) is 0 Å². The van der Waals surface area contributed by atoms with Gasteiger partial charge in [-0.1, -0.05) is 0 Å². The molecule has 4 nitrogen and oxygen atoms in total. The van der Waals surface area contributed by atoms with Gasteiger partial charge in [0.1, 0.15) is 0 Å². The van der Waals surface area contributed by atoms with E-state index in [2.05, 4.69) is 29.4 Å². The highest BCUT2D eigenvalue weighted by Gasteiger charge is 2.28. The van der Waals surface area contributed by atoms with E-state index < -0.39 is 0 Å². The van der Waals surface area contributed by atoms with Crippen molar-refractivity contribution in [3.63, 3.8) is 0 Å². The first-order chi connectivity index (χ1) is 5.63. The van der Waals surface area contributed by atoms with E-state index in [0.29, 0.717) is 12.1 Å². The summed E-state index contributed by atoms with van der Waals surface area (Å²) in [6, 6.07) is 0.850. The molecule has 0 aromatic rings. The van der Waals surface area contributed by atoms with Gasteiger partial charge in [-0.2, -0.15) is 0 Å². The minimum Gasteiger partial charge on any atom is -0.341 e. The number of nitrogens with one attached hydrogen (secondary N) is 2. The fourth-order valence-electron chi connectivity index (χ4n) is 1.28. The zero-order valence-electron chi connectivity index (χ0n) is 7.92. The van der Waals surface area contributed by atoms with Crippen molar-refractivity contribution in [3.8, 4) is 0 Å². The molecule has 12 heavy (non-hydrogen) atoms. The molecule has 1 aliphatic rings. The number of rotatable bonds is 2. The fourth-order valence-corrected chi connectivity index (χ4v) is 1.28. The van der Waals surface area contributed by atoms with Crippen molar-refractivity contribution in [1.82, 2.24) is 15.5 Å². The molecule has 70 valence electrons. The van der Waals surface area contributed by atoms with Gasteiger partial charge in [0, 0.05) is 26.2 Å². The Kier molecular flexibility index (Phi) is 2.92. The van der Waals surface area contributed by atoms with Crippen LogP contribution in [0.25, 0.3) is 0 Å². The molecule has 0 unspecified atom stereocenters. The number of amides is 2. The van der Waals surface area contributed by atoms with Gasteiger partial charge in [0.15, 0.2) is 0 Å². The van der Waals surface area contributed by atoms with E-state index >= 15 is 0 Å². The van der Waals surface area contributed by atoms with Gasteiger partial charge in [-0.3, -0.25) is 4.90 Å². The highest BCUT2D eigenvalue weighted by molar-refractivity contribution is 5.73. The molecular weight excluding hydrogens is 154 g/mol. The normalized spacial score (nSPS) is 19.0. The van der Waals surface area contributed by atoms with Crippen LogP contribution in [0.4, 0.5) is 4.79 Å². The van der Waals surface area contributed by atoms with Crippen molar-refractivity contribution in [2.24, 2.45) is 0 Å². The van der Waals surface area contributed by atoms with Crippen LogP contribution < -0.4 is 10.6 Å². The predicted molar refractivity (Wildman–Crippen MR) is 48.1 cm³/mol. The number of carbonyl (C=O) groups is 1. The van der Waals surface area contributed by atoms with Gasteiger partial charge in [-0.25, -0.2) is 4.79 Å². The summed E-state index contributed by atoms with van der Waals surface area (Å²) >= 11 is 0. The van der Waals surface area contributed by atoms with E-state index in [0.717, 1.165) is 13.1 Å². The summed E-state index contributed by atoms with van der Waals surface area (Å²) in [6.07, 6.45) is 0. The molecule has 0 atom stereocenters. The second-order valence-corrected chi connectivity index (χ2v) is 3.47. The van der Waals surface area contributed by atoms with E-state index in [1.165, 1.54) is 0 Å². The maximum atomic E-state index is 10.9. The van der Waals surface area contributed by atoms with Crippen molar-refractivity contribution < 1.29 is 4.79 Å². The minimum atomic E-state index is -0.0802. The van der Waals surface area contributed by atoms with Crippen LogP contribution in [-0.4, -0.2) is 43.2 Å². The van der Waals surface area contributed by atoms with Crippen LogP contribution in [-0.2, 0) is 0 Å². The SMILES string of the molecule is CNC(=O)NC1CN(C(C)C)C1. The Morgan fingerprint density at radius 1 is 1.50 bits per heavy atom. The molecule has 2 N–H and O–H groups in total. The second kappa shape index (κ2) is 3.76. The number of hydrogen-bond donors (Lipinski definition) is 2. The van der Waals surface area contributed by atoms with Gasteiger partial charge < -0.3 is 10.6 Å². The number of likely N-dealkylation sites (tertiary alicyclic amines) is 1. The van der Waals surface area contributed by atoms with Gasteiger partial charge in [-0.05, 0) is 13.8 Å². The highest BCUT2D eigenvalue weighted by Crippen LogP contribution is 2.10. The quantitative estimate of drug-likeness (QED) is 0.614. The third kappa shape index (κ3) is 2.11. The van der Waals surface area contributed by atoms with Crippen LogP contribution >= 0.6 is 0 Å². The molecule has 1 saturated heterocycles. The summed E-state index contributed by atoms with van der Waals surface area (Å²) in [5.74, 6) is 0. The molecule has 1 heterocycles. The Balaban J connectivity index is 2.13. The summed E-state index contributed by atoms with van der Waals surface area (Å²) in [4.78, 5) is 13.2. The van der Waals surface area contributed by atoms with Crippen LogP contribution in [0, 0.1) is 0 Å². The summed E-state index contributed by atoms with van der Waals surface area (Å²) in [5, 5.41) is 5.40. The van der Waals surface area contributed by atoms with Gasteiger partial charge in [0.2, 0.25) is 0 Å². The lowest BCUT2D eigenvalue weighted by atomic mass is 10.1. The standard InChI is InChI=1S/C8H17N3O/c1-6(2)11-4-7(5-11)10-8(12)9-3/h6-7H,4-5H2,1-3H3,(H2,9,10,12). The van der Waals surface area contributed by atoms with Crippen LogP contribution in [0.2, 0.25) is 0 Å². The van der Waals surface area contributed by atoms with E-state index in [-0.39, 0.29) is 6.03 Å². The monoisotopic (exact) mass is 171 g/mol. The minimum absolute atomic E-state index is 0.0802. The molecule has 2 amide bonds. The Hall–Kier alpha value is -0.770. The molecular formula is C8H17N3O. The maximum absolute atomic E-state index is 10.9. The number of hydrogen-bond acceptors (Lipinski definition) is 2. The average Bonchev–Trinajstić information content (AvgIpc) is 1.94. The molecule has 1 aliphatic heterocycles. The van der Waals surface area contributed by atoms with Crippen LogP contribution in [0.3, 0.4) is 0 Å². The van der Waals surface area contributed by atoms with Crippen molar-refractivity contribution in [3.05, 3.63) is 0 Å². The number of carbonyl (C=O) groups excluding carboxylic acids is 1. The Morgan fingerprint density at radius 3 is 2.50 bits per heavy atom. The largest absolute Gasteiger partial charge is 0.341 e. The second-order valence-electron chi connectivity index (χ2n) is 3.47. The Morgan fingerprint density at radius 2 is 2.08 bits per heavy atom. The molecule has 0 aromatic carbocycles. The molecule has 4 heteroatoms. The lowest BCUT2D eigenvalue weighted by Crippen LogP contribution is -2.62. The zero-order valence-corrected chi connectivity index (χ0v) is 7.92. The molecule has 0 saturated carbocycles. The van der Waals surface area contributed by atoms with Gasteiger partial charge >= 0.3 is 6.03 Å². The molecule has 0 bridgehead atoms. The smallest absolute Gasteiger partial charge is 0.314 e. The molecule has 0 spiro atoms. The van der Waals surface area contributed by atoms with Gasteiger partial charge in [-0.15, -0.1) is 0 Å². The van der Waals surface area contributed by atoms with Crippen molar-refractivity contribution in [2.45, 2.75) is 25.9 Å². The summed E-state index contributed by atoms with van der Waals surface area (Å²) < 4.78 is 0. The van der Waals surface area contributed by atoms with Gasteiger partial charge in [0.05, 0.1) is 6.04 Å². The third-order valence-corrected chi connectivity index (χ3v) is 2.20. The fraction of sp³-hybridized carbons (Fsp3) is 0.875. The van der Waals surface area contributed by atoms with E-state index in [1.54, 1.807) is 7.05 Å². The molecule has 0 radical (unpaired) electrons. The maximum Gasteiger partial charge on any atom is 0.314 e. The lowest BCUT2D eigenvalue weighted by Gasteiger charge is -2.42.